The van der Waals surface area contributed by atoms with Gasteiger partial charge in [0, 0.05) is 31.2 Å². The average molecular weight is 432 g/mol. The van der Waals surface area contributed by atoms with E-state index < -0.39 is 6.04 Å². The Hall–Kier alpha value is -1.73. The van der Waals surface area contributed by atoms with Crippen LogP contribution in [0.5, 0.6) is 0 Å². The van der Waals surface area contributed by atoms with Crippen LogP contribution >= 0.6 is 15.9 Å². The number of hydrogen-bond acceptors (Lipinski definition) is 4. The van der Waals surface area contributed by atoms with Gasteiger partial charge >= 0.3 is 0 Å². The lowest BCUT2D eigenvalue weighted by molar-refractivity contribution is -0.134. The summed E-state index contributed by atoms with van der Waals surface area (Å²) in [6.45, 7) is 2.15. The van der Waals surface area contributed by atoms with Crippen LogP contribution in [0.3, 0.4) is 0 Å². The standard InChI is InChI=1S/C21H26BrN3O2/c1-24(21(27)20(23)16-8-5-9-17(22)12-16)19(15-6-3-2-4-7-15)14-25-11-10-18(26)13-25/h2-9,12,18-20,26H,10-11,13-14,23H2,1H3. The van der Waals surface area contributed by atoms with E-state index >= 15 is 0 Å². The first-order valence-corrected chi connectivity index (χ1v) is 9.98. The van der Waals surface area contributed by atoms with Gasteiger partial charge in [-0.15, -0.1) is 0 Å². The van der Waals surface area contributed by atoms with Crippen LogP contribution in [-0.4, -0.2) is 53.6 Å². The van der Waals surface area contributed by atoms with Gasteiger partial charge in [-0.2, -0.15) is 0 Å². The molecule has 1 amide bonds. The van der Waals surface area contributed by atoms with E-state index in [1.54, 1.807) is 4.90 Å². The van der Waals surface area contributed by atoms with Crippen molar-refractivity contribution in [2.24, 2.45) is 5.73 Å². The first kappa shape index (κ1) is 20.0. The average Bonchev–Trinajstić information content (AvgIpc) is 3.10. The zero-order valence-corrected chi connectivity index (χ0v) is 17.0. The fourth-order valence-corrected chi connectivity index (χ4v) is 3.98. The first-order chi connectivity index (χ1) is 13.0. The third-order valence-corrected chi connectivity index (χ3v) is 5.65. The molecule has 0 spiro atoms. The second-order valence-electron chi connectivity index (χ2n) is 7.11. The predicted molar refractivity (Wildman–Crippen MR) is 110 cm³/mol. The molecule has 1 aliphatic heterocycles. The monoisotopic (exact) mass is 431 g/mol. The molecule has 0 aliphatic carbocycles. The van der Waals surface area contributed by atoms with Crippen LogP contribution in [0.4, 0.5) is 0 Å². The maximum atomic E-state index is 13.1. The number of benzene rings is 2. The molecule has 0 radical (unpaired) electrons. The summed E-state index contributed by atoms with van der Waals surface area (Å²) < 4.78 is 0.900. The minimum Gasteiger partial charge on any atom is -0.392 e. The molecule has 0 saturated carbocycles. The van der Waals surface area contributed by atoms with E-state index in [1.165, 1.54) is 0 Å². The Bertz CT molecular complexity index is 771. The molecule has 0 aromatic heterocycles. The van der Waals surface area contributed by atoms with Crippen molar-refractivity contribution in [3.8, 4) is 0 Å². The Labute approximate surface area is 168 Å². The summed E-state index contributed by atoms with van der Waals surface area (Å²) in [5, 5.41) is 9.85. The highest BCUT2D eigenvalue weighted by Gasteiger charge is 2.30. The third kappa shape index (κ3) is 4.96. The number of β-amino-alcohol motifs (C(OH)–C–C–N with tert-alkyl or cyclic N) is 1. The van der Waals surface area contributed by atoms with Crippen molar-refractivity contribution >= 4 is 21.8 Å². The Kier molecular flexibility index (Phi) is 6.65. The van der Waals surface area contributed by atoms with Crippen LogP contribution in [0, 0.1) is 0 Å². The van der Waals surface area contributed by atoms with Gasteiger partial charge in [0.25, 0.3) is 0 Å². The van der Waals surface area contributed by atoms with E-state index in [9.17, 15) is 9.90 Å². The van der Waals surface area contributed by atoms with Gasteiger partial charge in [-0.1, -0.05) is 58.4 Å². The number of hydrogen-bond donors (Lipinski definition) is 2. The maximum absolute atomic E-state index is 13.1. The number of halogens is 1. The third-order valence-electron chi connectivity index (χ3n) is 5.15. The van der Waals surface area contributed by atoms with Crippen molar-refractivity contribution in [2.75, 3.05) is 26.7 Å². The van der Waals surface area contributed by atoms with E-state index in [2.05, 4.69) is 20.8 Å². The number of rotatable bonds is 6. The maximum Gasteiger partial charge on any atom is 0.244 e. The van der Waals surface area contributed by atoms with E-state index in [-0.39, 0.29) is 18.1 Å². The number of nitrogens with two attached hydrogens (primary N) is 1. The number of likely N-dealkylation sites (N-methyl/N-ethyl adjacent to an activating group) is 1. The van der Waals surface area contributed by atoms with Gasteiger partial charge in [-0.05, 0) is 29.7 Å². The van der Waals surface area contributed by atoms with Crippen LogP contribution in [0.1, 0.15) is 29.6 Å². The summed E-state index contributed by atoms with van der Waals surface area (Å²) in [6.07, 6.45) is 0.489. The van der Waals surface area contributed by atoms with Gasteiger partial charge in [0.05, 0.1) is 12.1 Å². The van der Waals surface area contributed by atoms with Crippen molar-refractivity contribution in [2.45, 2.75) is 24.6 Å². The van der Waals surface area contributed by atoms with Crippen molar-refractivity contribution in [1.82, 2.24) is 9.80 Å². The van der Waals surface area contributed by atoms with Gasteiger partial charge in [0.1, 0.15) is 6.04 Å². The Morgan fingerprint density at radius 1 is 1.26 bits per heavy atom. The van der Waals surface area contributed by atoms with Crippen molar-refractivity contribution in [1.29, 1.82) is 0 Å². The van der Waals surface area contributed by atoms with Crippen LogP contribution in [0.15, 0.2) is 59.1 Å². The Morgan fingerprint density at radius 3 is 2.59 bits per heavy atom. The molecule has 0 bridgehead atoms. The van der Waals surface area contributed by atoms with E-state index in [0.717, 1.165) is 28.6 Å². The van der Waals surface area contributed by atoms with Crippen molar-refractivity contribution in [3.05, 3.63) is 70.2 Å². The smallest absolute Gasteiger partial charge is 0.244 e. The van der Waals surface area contributed by atoms with Crippen LogP contribution in [-0.2, 0) is 4.79 Å². The Balaban J connectivity index is 1.81. The van der Waals surface area contributed by atoms with Crippen molar-refractivity contribution in [3.63, 3.8) is 0 Å². The molecule has 3 atom stereocenters. The van der Waals surface area contributed by atoms with Gasteiger partial charge < -0.3 is 15.7 Å². The van der Waals surface area contributed by atoms with Gasteiger partial charge in [0.2, 0.25) is 5.91 Å². The molecule has 2 aromatic rings. The topological polar surface area (TPSA) is 69.8 Å². The molecule has 3 unspecified atom stereocenters. The van der Waals surface area contributed by atoms with E-state index in [1.807, 2.05) is 61.6 Å². The molecule has 5 nitrogen and oxygen atoms in total. The molecule has 3 N–H and O–H groups in total. The number of likely N-dealkylation sites (tertiary alicyclic amines) is 1. The fraction of sp³-hybridized carbons (Fsp3) is 0.381. The second kappa shape index (κ2) is 8.97. The van der Waals surface area contributed by atoms with Gasteiger partial charge in [-0.25, -0.2) is 0 Å². The van der Waals surface area contributed by atoms with Crippen molar-refractivity contribution < 1.29 is 9.90 Å². The normalized spacial score (nSPS) is 19.6. The number of carbonyl (C=O) groups excluding carboxylic acids is 1. The highest BCUT2D eigenvalue weighted by Crippen LogP contribution is 2.26. The summed E-state index contributed by atoms with van der Waals surface area (Å²) in [5.41, 5.74) is 8.14. The minimum absolute atomic E-state index is 0.123. The van der Waals surface area contributed by atoms with Crippen LogP contribution in [0.2, 0.25) is 0 Å². The van der Waals surface area contributed by atoms with E-state index in [0.29, 0.717) is 13.1 Å². The van der Waals surface area contributed by atoms with E-state index in [4.69, 9.17) is 5.73 Å². The second-order valence-corrected chi connectivity index (χ2v) is 8.03. The zero-order valence-electron chi connectivity index (χ0n) is 15.5. The minimum atomic E-state index is -0.720. The number of aliphatic hydroxyl groups excluding tert-OH is 1. The SMILES string of the molecule is CN(C(=O)C(N)c1cccc(Br)c1)C(CN1CCC(O)C1)c1ccccc1. The van der Waals surface area contributed by atoms with Gasteiger partial charge in [-0.3, -0.25) is 9.69 Å². The molecular formula is C21H26BrN3O2. The lowest BCUT2D eigenvalue weighted by Crippen LogP contribution is -2.42. The summed E-state index contributed by atoms with van der Waals surface area (Å²) in [5.74, 6) is -0.123. The molecule has 27 heavy (non-hydrogen) atoms. The molecule has 2 aromatic carbocycles. The molecule has 6 heteroatoms. The summed E-state index contributed by atoms with van der Waals surface area (Å²) in [6, 6.07) is 16.7. The van der Waals surface area contributed by atoms with Crippen LogP contribution in [0.25, 0.3) is 0 Å². The molecular weight excluding hydrogens is 406 g/mol. The highest BCUT2D eigenvalue weighted by atomic mass is 79.9. The Morgan fingerprint density at radius 2 is 1.96 bits per heavy atom. The molecule has 1 heterocycles. The summed E-state index contributed by atoms with van der Waals surface area (Å²) in [7, 11) is 1.81. The molecule has 1 fully saturated rings. The number of amides is 1. The molecule has 144 valence electrons. The first-order valence-electron chi connectivity index (χ1n) is 9.19. The molecule has 1 aliphatic rings. The van der Waals surface area contributed by atoms with Crippen LogP contribution < -0.4 is 5.73 Å². The lowest BCUT2D eigenvalue weighted by atomic mass is 10.0. The molecule has 3 rings (SSSR count). The number of carbonyl (C=O) groups is 1. The number of nitrogens with zero attached hydrogens (tertiary/aromatic N) is 2. The summed E-state index contributed by atoms with van der Waals surface area (Å²) in [4.78, 5) is 17.1. The highest BCUT2D eigenvalue weighted by molar-refractivity contribution is 9.10. The summed E-state index contributed by atoms with van der Waals surface area (Å²) >= 11 is 3.44. The predicted octanol–water partition coefficient (Wildman–Crippen LogP) is 2.72. The fourth-order valence-electron chi connectivity index (χ4n) is 3.56. The van der Waals surface area contributed by atoms with Gasteiger partial charge in [0.15, 0.2) is 0 Å². The number of aliphatic hydroxyl groups is 1. The lowest BCUT2D eigenvalue weighted by Gasteiger charge is -2.33. The largest absolute Gasteiger partial charge is 0.392 e. The zero-order chi connectivity index (χ0) is 19.4. The quantitative estimate of drug-likeness (QED) is 0.737. The molecule has 1 saturated heterocycles.